The summed E-state index contributed by atoms with van der Waals surface area (Å²) in [6.07, 6.45) is -4.29. The second-order valence-corrected chi connectivity index (χ2v) is 3.86. The molecule has 0 aliphatic rings. The molecule has 2 N–H and O–H groups in total. The average molecular weight is 222 g/mol. The third-order valence-corrected chi connectivity index (χ3v) is 2.55. The van der Waals surface area contributed by atoms with E-state index in [-0.39, 0.29) is 6.54 Å². The van der Waals surface area contributed by atoms with Gasteiger partial charge in [0.25, 0.3) is 6.43 Å². The molecule has 80 valence electrons. The van der Waals surface area contributed by atoms with Gasteiger partial charge in [-0.1, -0.05) is 0 Å². The Labute approximate surface area is 84.8 Å². The molecular weight excluding hydrogens is 210 g/mol. The number of aliphatic hydroxyl groups excluding tert-OH is 1. The number of nitrogens with zero attached hydrogens (tertiary/aromatic N) is 1. The van der Waals surface area contributed by atoms with Gasteiger partial charge in [0.15, 0.2) is 0 Å². The molecule has 3 nitrogen and oxygen atoms in total. The van der Waals surface area contributed by atoms with Gasteiger partial charge in [0.1, 0.15) is 11.1 Å². The number of alkyl halides is 2. The molecule has 1 atom stereocenters. The zero-order valence-corrected chi connectivity index (χ0v) is 8.52. The number of rotatable bonds is 5. The lowest BCUT2D eigenvalue weighted by molar-refractivity contribution is -0.00341. The minimum Gasteiger partial charge on any atom is -0.386 e. The molecule has 1 aromatic heterocycles. The van der Waals surface area contributed by atoms with Crippen LogP contribution < -0.4 is 5.32 Å². The maximum Gasteiger partial charge on any atom is 0.265 e. The van der Waals surface area contributed by atoms with Crippen molar-refractivity contribution in [2.75, 3.05) is 6.54 Å². The molecule has 0 radical (unpaired) electrons. The Balaban J connectivity index is 2.22. The highest BCUT2D eigenvalue weighted by molar-refractivity contribution is 7.09. The highest BCUT2D eigenvalue weighted by Gasteiger charge is 2.15. The summed E-state index contributed by atoms with van der Waals surface area (Å²) in [6, 6.07) is 0. The highest BCUT2D eigenvalue weighted by atomic mass is 32.1. The first kappa shape index (κ1) is 11.5. The number of thiazole rings is 1. The SMILES string of the molecule is Cc1csc(CNCC(O)C(F)F)n1. The third kappa shape index (κ3) is 3.65. The predicted octanol–water partition coefficient (Wildman–Crippen LogP) is 1.17. The highest BCUT2D eigenvalue weighted by Crippen LogP contribution is 2.08. The average Bonchev–Trinajstić information content (AvgIpc) is 2.51. The summed E-state index contributed by atoms with van der Waals surface area (Å²) in [6.45, 7) is 2.17. The fourth-order valence-corrected chi connectivity index (χ4v) is 1.64. The maximum absolute atomic E-state index is 11.9. The van der Waals surface area contributed by atoms with E-state index in [0.29, 0.717) is 6.54 Å². The number of halogens is 2. The van der Waals surface area contributed by atoms with Crippen LogP contribution in [0, 0.1) is 6.92 Å². The van der Waals surface area contributed by atoms with Gasteiger partial charge in [-0.3, -0.25) is 0 Å². The van der Waals surface area contributed by atoms with E-state index in [0.717, 1.165) is 10.7 Å². The van der Waals surface area contributed by atoms with Crippen molar-refractivity contribution in [1.29, 1.82) is 0 Å². The van der Waals surface area contributed by atoms with Gasteiger partial charge in [0.2, 0.25) is 0 Å². The van der Waals surface area contributed by atoms with E-state index in [1.807, 2.05) is 12.3 Å². The molecule has 0 bridgehead atoms. The molecule has 1 rings (SSSR count). The number of aryl methyl sites for hydroxylation is 1. The van der Waals surface area contributed by atoms with Gasteiger partial charge < -0.3 is 10.4 Å². The fourth-order valence-electron chi connectivity index (χ4n) is 0.900. The Kier molecular flexibility index (Phi) is 4.37. The van der Waals surface area contributed by atoms with Crippen molar-refractivity contribution in [3.63, 3.8) is 0 Å². The van der Waals surface area contributed by atoms with Crippen molar-refractivity contribution in [3.8, 4) is 0 Å². The standard InChI is InChI=1S/C8H12F2N2OS/c1-5-4-14-7(12-5)3-11-2-6(13)8(9)10/h4,6,8,11,13H,2-3H2,1H3. The van der Waals surface area contributed by atoms with E-state index < -0.39 is 12.5 Å². The van der Waals surface area contributed by atoms with Crippen LogP contribution in [-0.4, -0.2) is 29.2 Å². The lowest BCUT2D eigenvalue weighted by Crippen LogP contribution is -2.31. The van der Waals surface area contributed by atoms with E-state index in [2.05, 4.69) is 10.3 Å². The van der Waals surface area contributed by atoms with E-state index in [9.17, 15) is 8.78 Å². The summed E-state index contributed by atoms with van der Waals surface area (Å²) in [5.74, 6) is 0. The van der Waals surface area contributed by atoms with E-state index in [1.54, 1.807) is 0 Å². The van der Waals surface area contributed by atoms with Crippen LogP contribution >= 0.6 is 11.3 Å². The molecule has 0 aliphatic carbocycles. The van der Waals surface area contributed by atoms with Gasteiger partial charge in [-0.15, -0.1) is 11.3 Å². The summed E-state index contributed by atoms with van der Waals surface area (Å²) < 4.78 is 23.7. The topological polar surface area (TPSA) is 45.1 Å². The number of hydrogen-bond acceptors (Lipinski definition) is 4. The van der Waals surface area contributed by atoms with Crippen LogP contribution in [0.5, 0.6) is 0 Å². The Morgan fingerprint density at radius 1 is 1.64 bits per heavy atom. The molecule has 0 saturated carbocycles. The number of hydrogen-bond donors (Lipinski definition) is 2. The van der Waals surface area contributed by atoms with E-state index in [1.165, 1.54) is 11.3 Å². The molecule has 1 unspecified atom stereocenters. The molecule has 0 amide bonds. The number of nitrogens with one attached hydrogen (secondary N) is 1. The van der Waals surface area contributed by atoms with Crippen molar-refractivity contribution in [2.24, 2.45) is 0 Å². The largest absolute Gasteiger partial charge is 0.386 e. The van der Waals surface area contributed by atoms with Crippen LogP contribution in [0.3, 0.4) is 0 Å². The Morgan fingerprint density at radius 2 is 2.36 bits per heavy atom. The predicted molar refractivity (Wildman–Crippen MR) is 50.6 cm³/mol. The van der Waals surface area contributed by atoms with Crippen molar-refractivity contribution >= 4 is 11.3 Å². The Hall–Kier alpha value is -0.590. The lowest BCUT2D eigenvalue weighted by Gasteiger charge is -2.09. The van der Waals surface area contributed by atoms with Crippen LogP contribution in [0.2, 0.25) is 0 Å². The minimum atomic E-state index is -2.69. The van der Waals surface area contributed by atoms with Crippen LogP contribution in [0.1, 0.15) is 10.7 Å². The van der Waals surface area contributed by atoms with Gasteiger partial charge in [0.05, 0.1) is 0 Å². The summed E-state index contributed by atoms with van der Waals surface area (Å²) in [5.41, 5.74) is 0.918. The molecule has 1 heterocycles. The molecule has 0 aliphatic heterocycles. The van der Waals surface area contributed by atoms with Gasteiger partial charge in [-0.05, 0) is 6.92 Å². The molecule has 14 heavy (non-hydrogen) atoms. The summed E-state index contributed by atoms with van der Waals surface area (Å²) in [5, 5.41) is 14.2. The maximum atomic E-state index is 11.9. The minimum absolute atomic E-state index is 0.115. The Bertz CT molecular complexity index is 280. The molecule has 6 heteroatoms. The lowest BCUT2D eigenvalue weighted by atomic mass is 10.4. The normalized spacial score (nSPS) is 13.5. The van der Waals surface area contributed by atoms with E-state index >= 15 is 0 Å². The van der Waals surface area contributed by atoms with Crippen molar-refractivity contribution < 1.29 is 13.9 Å². The van der Waals surface area contributed by atoms with Crippen LogP contribution in [0.4, 0.5) is 8.78 Å². The first-order chi connectivity index (χ1) is 6.59. The van der Waals surface area contributed by atoms with Crippen molar-refractivity contribution in [3.05, 3.63) is 16.1 Å². The van der Waals surface area contributed by atoms with Crippen LogP contribution in [0.15, 0.2) is 5.38 Å². The quantitative estimate of drug-likeness (QED) is 0.786. The molecule has 0 saturated heterocycles. The number of aliphatic hydroxyl groups is 1. The molecule has 1 aromatic rings. The van der Waals surface area contributed by atoms with Crippen molar-refractivity contribution in [1.82, 2.24) is 10.3 Å². The zero-order valence-electron chi connectivity index (χ0n) is 7.70. The fraction of sp³-hybridized carbons (Fsp3) is 0.625. The zero-order chi connectivity index (χ0) is 10.6. The smallest absolute Gasteiger partial charge is 0.265 e. The molecule has 0 spiro atoms. The summed E-state index contributed by atoms with van der Waals surface area (Å²) in [4.78, 5) is 4.14. The van der Waals surface area contributed by atoms with E-state index in [4.69, 9.17) is 5.11 Å². The second-order valence-electron chi connectivity index (χ2n) is 2.92. The second kappa shape index (κ2) is 5.33. The van der Waals surface area contributed by atoms with Crippen LogP contribution in [0.25, 0.3) is 0 Å². The first-order valence-electron chi connectivity index (χ1n) is 4.17. The van der Waals surface area contributed by atoms with Gasteiger partial charge >= 0.3 is 0 Å². The third-order valence-electron chi connectivity index (χ3n) is 1.59. The molecular formula is C8H12F2N2OS. The summed E-state index contributed by atoms with van der Waals surface area (Å²) in [7, 11) is 0. The Morgan fingerprint density at radius 3 is 2.86 bits per heavy atom. The molecule has 0 aromatic carbocycles. The van der Waals surface area contributed by atoms with Gasteiger partial charge in [-0.25, -0.2) is 13.8 Å². The first-order valence-corrected chi connectivity index (χ1v) is 5.05. The van der Waals surface area contributed by atoms with Gasteiger partial charge in [0, 0.05) is 24.2 Å². The summed E-state index contributed by atoms with van der Waals surface area (Å²) >= 11 is 1.47. The molecule has 0 fully saturated rings. The monoisotopic (exact) mass is 222 g/mol. The van der Waals surface area contributed by atoms with Crippen molar-refractivity contribution in [2.45, 2.75) is 26.0 Å². The van der Waals surface area contributed by atoms with Crippen LogP contribution in [-0.2, 0) is 6.54 Å². The number of aromatic nitrogens is 1. The van der Waals surface area contributed by atoms with Gasteiger partial charge in [-0.2, -0.15) is 0 Å².